The van der Waals surface area contributed by atoms with E-state index in [1.165, 1.54) is 0 Å². The summed E-state index contributed by atoms with van der Waals surface area (Å²) in [6.07, 6.45) is 7.28. The van der Waals surface area contributed by atoms with Gasteiger partial charge in [0.2, 0.25) is 0 Å². The molecule has 2 aromatic carbocycles. The van der Waals surface area contributed by atoms with Gasteiger partial charge in [-0.25, -0.2) is 0 Å². The average molecular weight is 412 g/mol. The SMILES string of the molecule is CCn1ncc(Cn2cc(NC(=O)/C(=C\c3ccccc3)c3ccccc3)cn2)c1C. The van der Waals surface area contributed by atoms with Gasteiger partial charge >= 0.3 is 0 Å². The summed E-state index contributed by atoms with van der Waals surface area (Å²) in [5.41, 5.74) is 5.31. The van der Waals surface area contributed by atoms with Crippen molar-refractivity contribution in [3.63, 3.8) is 0 Å². The van der Waals surface area contributed by atoms with Crippen molar-refractivity contribution >= 4 is 23.2 Å². The van der Waals surface area contributed by atoms with Crippen LogP contribution in [0.15, 0.2) is 79.3 Å². The lowest BCUT2D eigenvalue weighted by Gasteiger charge is -2.08. The van der Waals surface area contributed by atoms with E-state index in [2.05, 4.69) is 29.4 Å². The zero-order chi connectivity index (χ0) is 21.6. The number of nitrogens with one attached hydrogen (secondary N) is 1. The van der Waals surface area contributed by atoms with Gasteiger partial charge in [0, 0.05) is 29.6 Å². The Labute approximate surface area is 181 Å². The number of aromatic nitrogens is 4. The maximum absolute atomic E-state index is 13.2. The molecule has 0 fully saturated rings. The quantitative estimate of drug-likeness (QED) is 0.356. The molecule has 0 aliphatic carbocycles. The van der Waals surface area contributed by atoms with Gasteiger partial charge in [-0.1, -0.05) is 60.7 Å². The van der Waals surface area contributed by atoms with E-state index < -0.39 is 0 Å². The fourth-order valence-electron chi connectivity index (χ4n) is 3.46. The predicted octanol–water partition coefficient (Wildman–Crippen LogP) is 4.64. The van der Waals surface area contributed by atoms with Crippen LogP contribution in [-0.2, 0) is 17.9 Å². The van der Waals surface area contributed by atoms with Crippen LogP contribution in [0.5, 0.6) is 0 Å². The van der Waals surface area contributed by atoms with Crippen molar-refractivity contribution in [1.29, 1.82) is 0 Å². The molecule has 0 saturated heterocycles. The topological polar surface area (TPSA) is 64.7 Å². The Morgan fingerprint density at radius 2 is 1.71 bits per heavy atom. The summed E-state index contributed by atoms with van der Waals surface area (Å²) >= 11 is 0. The molecule has 0 radical (unpaired) electrons. The van der Waals surface area contributed by atoms with Crippen LogP contribution in [0.1, 0.15) is 29.3 Å². The van der Waals surface area contributed by atoms with Gasteiger partial charge in [-0.3, -0.25) is 14.2 Å². The Bertz CT molecular complexity index is 1190. The molecule has 0 atom stereocenters. The van der Waals surface area contributed by atoms with E-state index in [1.54, 1.807) is 6.20 Å². The van der Waals surface area contributed by atoms with Crippen LogP contribution in [0, 0.1) is 6.92 Å². The van der Waals surface area contributed by atoms with E-state index in [0.717, 1.165) is 28.9 Å². The predicted molar refractivity (Wildman–Crippen MR) is 123 cm³/mol. The van der Waals surface area contributed by atoms with Crippen molar-refractivity contribution in [2.75, 3.05) is 5.32 Å². The van der Waals surface area contributed by atoms with Crippen molar-refractivity contribution in [3.8, 4) is 0 Å². The number of carbonyl (C=O) groups excluding carboxylic acids is 1. The van der Waals surface area contributed by atoms with Gasteiger partial charge in [0.25, 0.3) is 5.91 Å². The number of benzene rings is 2. The summed E-state index contributed by atoms with van der Waals surface area (Å²) in [7, 11) is 0. The summed E-state index contributed by atoms with van der Waals surface area (Å²) in [6.45, 7) is 5.56. The molecule has 2 aromatic heterocycles. The van der Waals surface area contributed by atoms with Crippen LogP contribution in [0.4, 0.5) is 5.69 Å². The van der Waals surface area contributed by atoms with Crippen LogP contribution in [0.25, 0.3) is 11.6 Å². The van der Waals surface area contributed by atoms with Gasteiger partial charge in [-0.05, 0) is 31.1 Å². The molecular weight excluding hydrogens is 386 g/mol. The first-order chi connectivity index (χ1) is 15.1. The Hall–Kier alpha value is -3.93. The summed E-state index contributed by atoms with van der Waals surface area (Å²) in [5, 5.41) is 11.8. The third-order valence-electron chi connectivity index (χ3n) is 5.17. The molecule has 0 saturated carbocycles. The fraction of sp³-hybridized carbons (Fsp3) is 0.160. The van der Waals surface area contributed by atoms with Gasteiger partial charge < -0.3 is 5.32 Å². The molecule has 1 N–H and O–H groups in total. The van der Waals surface area contributed by atoms with Crippen molar-refractivity contribution < 1.29 is 4.79 Å². The highest BCUT2D eigenvalue weighted by atomic mass is 16.1. The van der Waals surface area contributed by atoms with Crippen molar-refractivity contribution in [2.45, 2.75) is 26.9 Å². The lowest BCUT2D eigenvalue weighted by molar-refractivity contribution is -0.111. The molecule has 0 spiro atoms. The molecule has 4 rings (SSSR count). The van der Waals surface area contributed by atoms with Gasteiger partial charge in [0.15, 0.2) is 0 Å². The monoisotopic (exact) mass is 411 g/mol. The Morgan fingerprint density at radius 3 is 2.39 bits per heavy atom. The maximum Gasteiger partial charge on any atom is 0.256 e. The molecule has 156 valence electrons. The zero-order valence-corrected chi connectivity index (χ0v) is 17.7. The van der Waals surface area contributed by atoms with E-state index in [0.29, 0.717) is 17.8 Å². The van der Waals surface area contributed by atoms with Crippen molar-refractivity contribution in [2.24, 2.45) is 0 Å². The molecular formula is C25H25N5O. The van der Waals surface area contributed by atoms with Crippen LogP contribution < -0.4 is 5.32 Å². The van der Waals surface area contributed by atoms with Gasteiger partial charge in [0.05, 0.1) is 24.6 Å². The molecule has 6 heteroatoms. The number of amides is 1. The second-order valence-electron chi connectivity index (χ2n) is 7.29. The third-order valence-corrected chi connectivity index (χ3v) is 5.17. The number of hydrogen-bond acceptors (Lipinski definition) is 3. The second-order valence-corrected chi connectivity index (χ2v) is 7.29. The van der Waals surface area contributed by atoms with Gasteiger partial charge in [-0.15, -0.1) is 0 Å². The van der Waals surface area contributed by atoms with Crippen LogP contribution in [0.2, 0.25) is 0 Å². The van der Waals surface area contributed by atoms with Crippen LogP contribution in [0.3, 0.4) is 0 Å². The van der Waals surface area contributed by atoms with Crippen LogP contribution in [-0.4, -0.2) is 25.5 Å². The van der Waals surface area contributed by atoms with Gasteiger partial charge in [0.1, 0.15) is 0 Å². The molecule has 2 heterocycles. The molecule has 0 bridgehead atoms. The van der Waals surface area contributed by atoms with E-state index >= 15 is 0 Å². The highest BCUT2D eigenvalue weighted by Crippen LogP contribution is 2.21. The van der Waals surface area contributed by atoms with Gasteiger partial charge in [-0.2, -0.15) is 10.2 Å². The third kappa shape index (κ3) is 4.80. The Morgan fingerprint density at radius 1 is 1.00 bits per heavy atom. The molecule has 6 nitrogen and oxygen atoms in total. The smallest absolute Gasteiger partial charge is 0.256 e. The Balaban J connectivity index is 1.54. The minimum Gasteiger partial charge on any atom is -0.319 e. The standard InChI is InChI=1S/C25H25N5O/c1-3-30-19(2)22(15-27-30)17-29-18-23(16-26-29)28-25(31)24(21-12-8-5-9-13-21)14-20-10-6-4-7-11-20/h4-16,18H,3,17H2,1-2H3,(H,28,31)/b24-14-. The number of carbonyl (C=O) groups is 1. The summed E-state index contributed by atoms with van der Waals surface area (Å²) in [4.78, 5) is 13.2. The van der Waals surface area contributed by atoms with Crippen molar-refractivity contribution in [1.82, 2.24) is 19.6 Å². The Kier molecular flexibility index (Phi) is 6.08. The van der Waals surface area contributed by atoms with E-state index in [1.807, 2.05) is 88.5 Å². The minimum atomic E-state index is -0.176. The number of aryl methyl sites for hydroxylation is 1. The van der Waals surface area contributed by atoms with E-state index in [-0.39, 0.29) is 5.91 Å². The summed E-state index contributed by atoms with van der Waals surface area (Å²) < 4.78 is 3.77. The second kappa shape index (κ2) is 9.26. The zero-order valence-electron chi connectivity index (χ0n) is 17.7. The lowest BCUT2D eigenvalue weighted by Crippen LogP contribution is -2.13. The first-order valence-electron chi connectivity index (χ1n) is 10.3. The molecule has 31 heavy (non-hydrogen) atoms. The summed E-state index contributed by atoms with van der Waals surface area (Å²) in [5.74, 6) is -0.176. The number of hydrogen-bond donors (Lipinski definition) is 1. The normalized spacial score (nSPS) is 11.5. The number of rotatable bonds is 7. The molecule has 1 amide bonds. The van der Waals surface area contributed by atoms with E-state index in [9.17, 15) is 4.79 Å². The first kappa shape index (κ1) is 20.3. The maximum atomic E-state index is 13.2. The lowest BCUT2D eigenvalue weighted by atomic mass is 10.0. The van der Waals surface area contributed by atoms with Crippen LogP contribution >= 0.6 is 0 Å². The molecule has 0 unspecified atom stereocenters. The minimum absolute atomic E-state index is 0.176. The highest BCUT2D eigenvalue weighted by molar-refractivity contribution is 6.29. The molecule has 4 aromatic rings. The molecule has 0 aliphatic rings. The largest absolute Gasteiger partial charge is 0.319 e. The summed E-state index contributed by atoms with van der Waals surface area (Å²) in [6, 6.07) is 19.5. The fourth-order valence-corrected chi connectivity index (χ4v) is 3.46. The number of nitrogens with zero attached hydrogens (tertiary/aromatic N) is 4. The average Bonchev–Trinajstić information content (AvgIpc) is 3.39. The number of anilines is 1. The van der Waals surface area contributed by atoms with E-state index in [4.69, 9.17) is 0 Å². The van der Waals surface area contributed by atoms with Crippen molar-refractivity contribution in [3.05, 3.63) is 102 Å². The first-order valence-corrected chi connectivity index (χ1v) is 10.3. The molecule has 0 aliphatic heterocycles. The highest BCUT2D eigenvalue weighted by Gasteiger charge is 2.14.